The van der Waals surface area contributed by atoms with Crippen molar-refractivity contribution in [2.75, 3.05) is 6.54 Å². The second-order valence-corrected chi connectivity index (χ2v) is 4.73. The summed E-state index contributed by atoms with van der Waals surface area (Å²) in [6.07, 6.45) is 3.66. The SMILES string of the molecule is CCCC[C@H](NC[C@@H](C)CC(C)=O)C(C)=O. The average Bonchev–Trinajstić information content (AvgIpc) is 2.16. The molecule has 0 saturated carbocycles. The summed E-state index contributed by atoms with van der Waals surface area (Å²) in [7, 11) is 0. The molecule has 3 nitrogen and oxygen atoms in total. The van der Waals surface area contributed by atoms with Crippen LogP contribution in [0.3, 0.4) is 0 Å². The number of carbonyl (C=O) groups excluding carboxylic acids is 2. The van der Waals surface area contributed by atoms with Crippen LogP contribution >= 0.6 is 0 Å². The number of unbranched alkanes of at least 4 members (excludes halogenated alkanes) is 1. The van der Waals surface area contributed by atoms with Crippen LogP contribution in [0.2, 0.25) is 0 Å². The molecule has 0 aliphatic rings. The molecule has 0 amide bonds. The minimum atomic E-state index is -0.0330. The van der Waals surface area contributed by atoms with E-state index in [1.54, 1.807) is 13.8 Å². The molecule has 0 bridgehead atoms. The van der Waals surface area contributed by atoms with Gasteiger partial charge in [-0.15, -0.1) is 0 Å². The van der Waals surface area contributed by atoms with Crippen molar-refractivity contribution in [2.45, 2.75) is 59.4 Å². The second-order valence-electron chi connectivity index (χ2n) is 4.73. The third kappa shape index (κ3) is 7.57. The summed E-state index contributed by atoms with van der Waals surface area (Å²) in [5.41, 5.74) is 0. The lowest BCUT2D eigenvalue weighted by Crippen LogP contribution is -2.38. The molecule has 94 valence electrons. The van der Waals surface area contributed by atoms with Crippen LogP contribution in [0.15, 0.2) is 0 Å². The zero-order valence-electron chi connectivity index (χ0n) is 11.0. The van der Waals surface area contributed by atoms with Gasteiger partial charge in [0.25, 0.3) is 0 Å². The largest absolute Gasteiger partial charge is 0.307 e. The molecular weight excluding hydrogens is 202 g/mol. The van der Waals surface area contributed by atoms with Gasteiger partial charge >= 0.3 is 0 Å². The lowest BCUT2D eigenvalue weighted by Gasteiger charge is -2.18. The summed E-state index contributed by atoms with van der Waals surface area (Å²) >= 11 is 0. The Kier molecular flexibility index (Phi) is 8.08. The quantitative estimate of drug-likeness (QED) is 0.657. The molecule has 0 aliphatic heterocycles. The number of hydrogen-bond donors (Lipinski definition) is 1. The molecule has 0 aromatic rings. The summed E-state index contributed by atoms with van der Waals surface area (Å²) in [6.45, 7) is 8.13. The maximum Gasteiger partial charge on any atom is 0.146 e. The smallest absolute Gasteiger partial charge is 0.146 e. The molecule has 2 atom stereocenters. The molecule has 0 spiro atoms. The molecule has 0 rings (SSSR count). The fourth-order valence-electron chi connectivity index (χ4n) is 1.76. The Bertz CT molecular complexity index is 226. The molecule has 0 unspecified atom stereocenters. The normalized spacial score (nSPS) is 14.5. The van der Waals surface area contributed by atoms with Crippen LogP contribution < -0.4 is 5.32 Å². The van der Waals surface area contributed by atoms with Crippen molar-refractivity contribution in [2.24, 2.45) is 5.92 Å². The van der Waals surface area contributed by atoms with Crippen molar-refractivity contribution in [1.82, 2.24) is 5.32 Å². The average molecular weight is 227 g/mol. The van der Waals surface area contributed by atoms with Gasteiger partial charge in [0.15, 0.2) is 0 Å². The Labute approximate surface area is 99.0 Å². The highest BCUT2D eigenvalue weighted by Crippen LogP contribution is 2.05. The molecule has 1 N–H and O–H groups in total. The van der Waals surface area contributed by atoms with E-state index in [-0.39, 0.29) is 17.6 Å². The molecule has 0 aliphatic carbocycles. The van der Waals surface area contributed by atoms with Gasteiger partial charge in [-0.05, 0) is 32.7 Å². The molecule has 3 heteroatoms. The van der Waals surface area contributed by atoms with Gasteiger partial charge in [-0.3, -0.25) is 4.79 Å². The van der Waals surface area contributed by atoms with Gasteiger partial charge < -0.3 is 10.1 Å². The van der Waals surface area contributed by atoms with E-state index in [1.807, 2.05) is 6.92 Å². The predicted molar refractivity (Wildman–Crippen MR) is 66.5 cm³/mol. The number of Topliss-reactive ketones (excluding diaryl/α,β-unsaturated/α-hetero) is 2. The predicted octanol–water partition coefficient (Wildman–Crippen LogP) is 2.34. The Morgan fingerprint density at radius 1 is 1.25 bits per heavy atom. The summed E-state index contributed by atoms with van der Waals surface area (Å²) in [4.78, 5) is 22.3. The molecular formula is C13H25NO2. The minimum Gasteiger partial charge on any atom is -0.307 e. The lowest BCUT2D eigenvalue weighted by atomic mass is 10.0. The van der Waals surface area contributed by atoms with E-state index in [0.29, 0.717) is 12.3 Å². The maximum atomic E-state index is 11.4. The molecule has 0 fully saturated rings. The number of rotatable bonds is 9. The lowest BCUT2D eigenvalue weighted by molar-refractivity contribution is -0.119. The van der Waals surface area contributed by atoms with Gasteiger partial charge in [-0.25, -0.2) is 0 Å². The molecule has 0 saturated heterocycles. The van der Waals surface area contributed by atoms with E-state index in [1.165, 1.54) is 0 Å². The van der Waals surface area contributed by atoms with Crippen LogP contribution in [0, 0.1) is 5.92 Å². The number of nitrogens with one attached hydrogen (secondary N) is 1. The van der Waals surface area contributed by atoms with Crippen LogP contribution in [-0.4, -0.2) is 24.2 Å². The number of carbonyl (C=O) groups is 2. The van der Waals surface area contributed by atoms with Crippen LogP contribution in [0.1, 0.15) is 53.4 Å². The Hall–Kier alpha value is -0.700. The van der Waals surface area contributed by atoms with Gasteiger partial charge in [0.2, 0.25) is 0 Å². The van der Waals surface area contributed by atoms with Gasteiger partial charge in [0.05, 0.1) is 6.04 Å². The standard InChI is InChI=1S/C13H25NO2/c1-5-6-7-13(12(4)16)14-9-10(2)8-11(3)15/h10,13-14H,5-9H2,1-4H3/t10-,13-/m0/s1. The van der Waals surface area contributed by atoms with Crippen LogP contribution in [0.25, 0.3) is 0 Å². The highest BCUT2D eigenvalue weighted by molar-refractivity contribution is 5.81. The van der Waals surface area contributed by atoms with Crippen molar-refractivity contribution >= 4 is 11.6 Å². The van der Waals surface area contributed by atoms with E-state index in [0.717, 1.165) is 25.8 Å². The zero-order valence-corrected chi connectivity index (χ0v) is 11.0. The van der Waals surface area contributed by atoms with E-state index in [4.69, 9.17) is 0 Å². The highest BCUT2D eigenvalue weighted by atomic mass is 16.1. The van der Waals surface area contributed by atoms with Gasteiger partial charge in [0.1, 0.15) is 11.6 Å². The van der Waals surface area contributed by atoms with Gasteiger partial charge in [-0.2, -0.15) is 0 Å². The van der Waals surface area contributed by atoms with E-state index in [2.05, 4.69) is 12.2 Å². The number of hydrogen-bond acceptors (Lipinski definition) is 3. The van der Waals surface area contributed by atoms with Crippen LogP contribution in [-0.2, 0) is 9.59 Å². The minimum absolute atomic E-state index is 0.0330. The van der Waals surface area contributed by atoms with Crippen LogP contribution in [0.4, 0.5) is 0 Å². The first-order valence-corrected chi connectivity index (χ1v) is 6.20. The maximum absolute atomic E-state index is 11.4. The third-order valence-corrected chi connectivity index (χ3v) is 2.69. The van der Waals surface area contributed by atoms with Crippen molar-refractivity contribution in [3.63, 3.8) is 0 Å². The number of ketones is 2. The van der Waals surface area contributed by atoms with E-state index < -0.39 is 0 Å². The summed E-state index contributed by atoms with van der Waals surface area (Å²) < 4.78 is 0. The zero-order chi connectivity index (χ0) is 12.6. The van der Waals surface area contributed by atoms with Crippen LogP contribution in [0.5, 0.6) is 0 Å². The highest BCUT2D eigenvalue weighted by Gasteiger charge is 2.14. The Morgan fingerprint density at radius 3 is 2.31 bits per heavy atom. The third-order valence-electron chi connectivity index (χ3n) is 2.69. The van der Waals surface area contributed by atoms with Crippen molar-refractivity contribution < 1.29 is 9.59 Å². The van der Waals surface area contributed by atoms with E-state index in [9.17, 15) is 9.59 Å². The molecule has 0 heterocycles. The van der Waals surface area contributed by atoms with Crippen molar-refractivity contribution in [3.8, 4) is 0 Å². The van der Waals surface area contributed by atoms with Gasteiger partial charge in [-0.1, -0.05) is 26.7 Å². The first kappa shape index (κ1) is 15.3. The first-order valence-electron chi connectivity index (χ1n) is 6.20. The van der Waals surface area contributed by atoms with Gasteiger partial charge in [0, 0.05) is 6.42 Å². The topological polar surface area (TPSA) is 46.2 Å². The fraction of sp³-hybridized carbons (Fsp3) is 0.846. The molecule has 0 aromatic heterocycles. The van der Waals surface area contributed by atoms with E-state index >= 15 is 0 Å². The Balaban J connectivity index is 3.91. The summed E-state index contributed by atoms with van der Waals surface area (Å²) in [5.74, 6) is 0.715. The molecule has 16 heavy (non-hydrogen) atoms. The van der Waals surface area contributed by atoms with Crippen molar-refractivity contribution in [1.29, 1.82) is 0 Å². The first-order chi connectivity index (χ1) is 7.47. The molecule has 0 radical (unpaired) electrons. The fourth-order valence-corrected chi connectivity index (χ4v) is 1.76. The van der Waals surface area contributed by atoms with Crippen molar-refractivity contribution in [3.05, 3.63) is 0 Å². The monoisotopic (exact) mass is 227 g/mol. The summed E-state index contributed by atoms with van der Waals surface area (Å²) in [5, 5.41) is 3.26. The second kappa shape index (κ2) is 8.45. The summed E-state index contributed by atoms with van der Waals surface area (Å²) in [6, 6.07) is -0.0330. The Morgan fingerprint density at radius 2 is 1.88 bits per heavy atom. The molecule has 0 aromatic carbocycles.